The average Bonchev–Trinajstić information content (AvgIpc) is 3.37. The second-order valence-electron chi connectivity index (χ2n) is 7.06. The van der Waals surface area contributed by atoms with Crippen LogP contribution in [0.1, 0.15) is 38.2 Å². The van der Waals surface area contributed by atoms with Crippen molar-refractivity contribution in [2.45, 2.75) is 43.6 Å². The predicted molar refractivity (Wildman–Crippen MR) is 82.0 cm³/mol. The lowest BCUT2D eigenvalue weighted by atomic mass is 9.95. The van der Waals surface area contributed by atoms with Gasteiger partial charge in [0.25, 0.3) is 0 Å². The zero-order valence-corrected chi connectivity index (χ0v) is 13.2. The topological polar surface area (TPSA) is 61.4 Å². The number of carbonyl (C=O) groups is 1. The minimum absolute atomic E-state index is 0.108. The highest BCUT2D eigenvalue weighted by molar-refractivity contribution is 5.75. The van der Waals surface area contributed by atoms with Crippen molar-refractivity contribution in [3.05, 3.63) is 35.4 Å². The quantitative estimate of drug-likeness (QED) is 0.753. The highest BCUT2D eigenvalue weighted by atomic mass is 19.1. The van der Waals surface area contributed by atoms with E-state index in [4.69, 9.17) is 0 Å². The van der Waals surface area contributed by atoms with Crippen molar-refractivity contribution in [3.8, 4) is 0 Å². The largest absolute Gasteiger partial charge is 0.394 e. The Hall–Kier alpha value is -1.69. The van der Waals surface area contributed by atoms with Crippen LogP contribution in [0.4, 0.5) is 13.6 Å². The summed E-state index contributed by atoms with van der Waals surface area (Å²) in [5.74, 6) is -0.860. The molecule has 23 heavy (non-hydrogen) atoms. The van der Waals surface area contributed by atoms with E-state index < -0.39 is 22.6 Å². The third-order valence-corrected chi connectivity index (χ3v) is 5.15. The standard InChI is InChI=1S/C17H22F2N2O2/c1-16(10-22,11-2-3-11)21-15(23)20-9-17(6-7-17)13-5-4-12(18)8-14(13)19/h4-5,8,11,22H,2-3,6-7,9-10H2,1H3,(H2,20,21,23). The first-order valence-corrected chi connectivity index (χ1v) is 8.01. The van der Waals surface area contributed by atoms with Gasteiger partial charge in [0.2, 0.25) is 0 Å². The first kappa shape index (κ1) is 16.2. The molecule has 2 saturated carbocycles. The summed E-state index contributed by atoms with van der Waals surface area (Å²) in [5.41, 5.74) is -0.599. The Labute approximate surface area is 134 Å². The van der Waals surface area contributed by atoms with Gasteiger partial charge in [-0.1, -0.05) is 6.07 Å². The van der Waals surface area contributed by atoms with E-state index >= 15 is 0 Å². The number of halogens is 2. The lowest BCUT2D eigenvalue weighted by Crippen LogP contribution is -2.54. The second-order valence-corrected chi connectivity index (χ2v) is 7.06. The van der Waals surface area contributed by atoms with Crippen molar-refractivity contribution in [1.29, 1.82) is 0 Å². The molecule has 1 aromatic rings. The summed E-state index contributed by atoms with van der Waals surface area (Å²) < 4.78 is 27.0. The molecule has 4 nitrogen and oxygen atoms in total. The number of nitrogens with one attached hydrogen (secondary N) is 2. The van der Waals surface area contributed by atoms with Crippen LogP contribution in [0.3, 0.4) is 0 Å². The Kier molecular flexibility index (Phi) is 4.04. The van der Waals surface area contributed by atoms with Gasteiger partial charge in [0.05, 0.1) is 12.1 Å². The van der Waals surface area contributed by atoms with Crippen molar-refractivity contribution in [3.63, 3.8) is 0 Å². The van der Waals surface area contributed by atoms with E-state index in [1.807, 2.05) is 6.92 Å². The van der Waals surface area contributed by atoms with Crippen molar-refractivity contribution in [2.75, 3.05) is 13.2 Å². The summed E-state index contributed by atoms with van der Waals surface area (Å²) in [4.78, 5) is 12.1. The fourth-order valence-corrected chi connectivity index (χ4v) is 3.16. The first-order valence-electron chi connectivity index (χ1n) is 8.01. The van der Waals surface area contributed by atoms with Crippen LogP contribution >= 0.6 is 0 Å². The van der Waals surface area contributed by atoms with E-state index in [9.17, 15) is 18.7 Å². The molecule has 0 aromatic heterocycles. The predicted octanol–water partition coefficient (Wildman–Crippen LogP) is 2.46. The van der Waals surface area contributed by atoms with E-state index in [1.165, 1.54) is 12.1 Å². The molecule has 2 fully saturated rings. The zero-order chi connectivity index (χ0) is 16.7. The number of hydrogen-bond acceptors (Lipinski definition) is 2. The molecule has 3 N–H and O–H groups in total. The number of rotatable bonds is 6. The van der Waals surface area contributed by atoms with Crippen LogP contribution < -0.4 is 10.6 Å². The molecule has 3 rings (SSSR count). The van der Waals surface area contributed by atoms with E-state index in [1.54, 1.807) is 0 Å². The molecule has 0 bridgehead atoms. The first-order chi connectivity index (χ1) is 10.9. The maximum absolute atomic E-state index is 13.9. The van der Waals surface area contributed by atoms with Crippen molar-refractivity contribution >= 4 is 6.03 Å². The van der Waals surface area contributed by atoms with Gasteiger partial charge in [-0.25, -0.2) is 13.6 Å². The Morgan fingerprint density at radius 1 is 1.39 bits per heavy atom. The normalized spacial score (nSPS) is 21.4. The maximum atomic E-state index is 13.9. The number of hydrogen-bond donors (Lipinski definition) is 3. The van der Waals surface area contributed by atoms with Gasteiger partial charge in [0.1, 0.15) is 11.6 Å². The van der Waals surface area contributed by atoms with Gasteiger partial charge in [-0.3, -0.25) is 0 Å². The van der Waals surface area contributed by atoms with Crippen LogP contribution in [-0.2, 0) is 5.41 Å². The molecule has 1 unspecified atom stereocenters. The monoisotopic (exact) mass is 324 g/mol. The molecular formula is C17H22F2N2O2. The molecule has 6 heteroatoms. The molecule has 2 aliphatic rings. The molecule has 2 amide bonds. The van der Waals surface area contributed by atoms with Crippen LogP contribution in [0.15, 0.2) is 18.2 Å². The summed E-state index contributed by atoms with van der Waals surface area (Å²) in [7, 11) is 0. The van der Waals surface area contributed by atoms with Crippen LogP contribution in [0, 0.1) is 17.6 Å². The lowest BCUT2D eigenvalue weighted by molar-refractivity contribution is 0.155. The lowest BCUT2D eigenvalue weighted by Gasteiger charge is -2.29. The fourth-order valence-electron chi connectivity index (χ4n) is 3.16. The van der Waals surface area contributed by atoms with Gasteiger partial charge in [-0.2, -0.15) is 0 Å². The van der Waals surface area contributed by atoms with Crippen molar-refractivity contribution in [2.24, 2.45) is 5.92 Å². The molecule has 126 valence electrons. The van der Waals surface area contributed by atoms with Gasteiger partial charge in [-0.05, 0) is 50.2 Å². The number of amides is 2. The summed E-state index contributed by atoms with van der Waals surface area (Å²) in [6, 6.07) is 3.22. The molecule has 0 aliphatic heterocycles. The minimum Gasteiger partial charge on any atom is -0.394 e. The van der Waals surface area contributed by atoms with E-state index in [0.717, 1.165) is 31.7 Å². The van der Waals surface area contributed by atoms with Gasteiger partial charge in [0, 0.05) is 18.0 Å². The second kappa shape index (κ2) is 5.74. The number of urea groups is 1. The van der Waals surface area contributed by atoms with Crippen LogP contribution in [0.25, 0.3) is 0 Å². The molecule has 2 aliphatic carbocycles. The zero-order valence-electron chi connectivity index (χ0n) is 13.2. The minimum atomic E-state index is -0.609. The van der Waals surface area contributed by atoms with Gasteiger partial charge < -0.3 is 15.7 Å². The molecule has 1 aromatic carbocycles. The summed E-state index contributed by atoms with van der Waals surface area (Å²) in [5, 5.41) is 15.1. The fraction of sp³-hybridized carbons (Fsp3) is 0.588. The Morgan fingerprint density at radius 3 is 2.61 bits per heavy atom. The number of carbonyl (C=O) groups excluding carboxylic acids is 1. The SMILES string of the molecule is CC(CO)(NC(=O)NCC1(c2ccc(F)cc2F)CC1)C1CC1. The summed E-state index contributed by atoms with van der Waals surface area (Å²) in [6.45, 7) is 2.02. The van der Waals surface area contributed by atoms with Crippen LogP contribution in [0.2, 0.25) is 0 Å². The Balaban J connectivity index is 1.60. The number of aliphatic hydroxyl groups excluding tert-OH is 1. The molecular weight excluding hydrogens is 302 g/mol. The van der Waals surface area contributed by atoms with Gasteiger partial charge >= 0.3 is 6.03 Å². The maximum Gasteiger partial charge on any atom is 0.315 e. The third-order valence-electron chi connectivity index (χ3n) is 5.15. The summed E-state index contributed by atoms with van der Waals surface area (Å²) in [6.07, 6.45) is 3.52. The molecule has 0 heterocycles. The average molecular weight is 324 g/mol. The molecule has 0 saturated heterocycles. The highest BCUT2D eigenvalue weighted by Gasteiger charge is 2.47. The smallest absolute Gasteiger partial charge is 0.315 e. The van der Waals surface area contributed by atoms with Crippen molar-refractivity contribution < 1.29 is 18.7 Å². The van der Waals surface area contributed by atoms with E-state index in [0.29, 0.717) is 18.0 Å². The van der Waals surface area contributed by atoms with E-state index in [-0.39, 0.29) is 12.6 Å². The van der Waals surface area contributed by atoms with Gasteiger partial charge in [0.15, 0.2) is 0 Å². The molecule has 0 radical (unpaired) electrons. The number of benzene rings is 1. The van der Waals surface area contributed by atoms with Crippen molar-refractivity contribution in [1.82, 2.24) is 10.6 Å². The number of aliphatic hydroxyl groups is 1. The van der Waals surface area contributed by atoms with Gasteiger partial charge in [-0.15, -0.1) is 0 Å². The van der Waals surface area contributed by atoms with Crippen LogP contribution in [0.5, 0.6) is 0 Å². The molecule has 0 spiro atoms. The Morgan fingerprint density at radius 2 is 2.09 bits per heavy atom. The molecule has 1 atom stereocenters. The summed E-state index contributed by atoms with van der Waals surface area (Å²) >= 11 is 0. The Bertz CT molecular complexity index is 615. The highest BCUT2D eigenvalue weighted by Crippen LogP contribution is 2.48. The van der Waals surface area contributed by atoms with Crippen LogP contribution in [-0.4, -0.2) is 29.8 Å². The third kappa shape index (κ3) is 3.32. The van der Waals surface area contributed by atoms with E-state index in [2.05, 4.69) is 10.6 Å².